The Morgan fingerprint density at radius 2 is 1.86 bits per heavy atom. The van der Waals surface area contributed by atoms with Crippen LogP contribution in [0.1, 0.15) is 0 Å². The summed E-state index contributed by atoms with van der Waals surface area (Å²) in [4.78, 5) is 18.8. The van der Waals surface area contributed by atoms with E-state index in [4.69, 9.17) is 17.0 Å². The molecular weight excluding hydrogens is 390 g/mol. The SMILES string of the molecule is Cl.[C-]#[N+]c1cc(Oc2ccc(Nc3cc(-c4ccc[nH]4)nc(N)n3)cc2)ccn1. The summed E-state index contributed by atoms with van der Waals surface area (Å²) in [6.07, 6.45) is 3.36. The summed E-state index contributed by atoms with van der Waals surface area (Å²) < 4.78 is 5.75. The van der Waals surface area contributed by atoms with E-state index >= 15 is 0 Å². The third-order valence-electron chi connectivity index (χ3n) is 3.81. The van der Waals surface area contributed by atoms with Crippen LogP contribution in [0.5, 0.6) is 11.5 Å². The molecule has 29 heavy (non-hydrogen) atoms. The molecule has 4 N–H and O–H groups in total. The predicted octanol–water partition coefficient (Wildman–Crippen LogP) is 4.96. The number of benzene rings is 1. The molecule has 0 saturated carbocycles. The summed E-state index contributed by atoms with van der Waals surface area (Å²) in [5, 5.41) is 3.21. The first kappa shape index (κ1) is 19.7. The molecule has 4 aromatic rings. The average molecular weight is 406 g/mol. The van der Waals surface area contributed by atoms with Crippen LogP contribution in [0.2, 0.25) is 0 Å². The summed E-state index contributed by atoms with van der Waals surface area (Å²) in [7, 11) is 0. The van der Waals surface area contributed by atoms with E-state index in [-0.39, 0.29) is 24.2 Å². The first-order valence-electron chi connectivity index (χ1n) is 8.36. The summed E-state index contributed by atoms with van der Waals surface area (Å²) >= 11 is 0. The molecule has 144 valence electrons. The number of aromatic amines is 1. The zero-order chi connectivity index (χ0) is 19.3. The van der Waals surface area contributed by atoms with E-state index in [0.717, 1.165) is 11.4 Å². The molecule has 4 rings (SSSR count). The lowest BCUT2D eigenvalue weighted by Crippen LogP contribution is -2.01. The predicted molar refractivity (Wildman–Crippen MR) is 114 cm³/mol. The molecule has 0 aliphatic heterocycles. The third kappa shape index (κ3) is 4.80. The maximum absolute atomic E-state index is 7.01. The summed E-state index contributed by atoms with van der Waals surface area (Å²) in [6.45, 7) is 7.01. The van der Waals surface area contributed by atoms with E-state index in [9.17, 15) is 0 Å². The third-order valence-corrected chi connectivity index (χ3v) is 3.81. The van der Waals surface area contributed by atoms with Crippen LogP contribution >= 0.6 is 12.4 Å². The Morgan fingerprint density at radius 3 is 2.59 bits per heavy atom. The molecular formula is C20H16ClN7O. The quantitative estimate of drug-likeness (QED) is 0.405. The number of halogens is 1. The highest BCUT2D eigenvalue weighted by atomic mass is 35.5. The van der Waals surface area contributed by atoms with Crippen molar-refractivity contribution in [1.29, 1.82) is 0 Å². The number of pyridine rings is 1. The van der Waals surface area contributed by atoms with Gasteiger partial charge >= 0.3 is 0 Å². The second-order valence-electron chi connectivity index (χ2n) is 5.79. The van der Waals surface area contributed by atoms with Crippen LogP contribution in [0.3, 0.4) is 0 Å². The number of hydrogen-bond acceptors (Lipinski definition) is 6. The summed E-state index contributed by atoms with van der Waals surface area (Å²) in [6, 6.07) is 16.3. The van der Waals surface area contributed by atoms with Crippen molar-refractivity contribution in [1.82, 2.24) is 19.9 Å². The van der Waals surface area contributed by atoms with E-state index in [0.29, 0.717) is 23.0 Å². The number of anilines is 3. The van der Waals surface area contributed by atoms with Crippen molar-refractivity contribution in [3.05, 3.63) is 78.4 Å². The van der Waals surface area contributed by atoms with Crippen LogP contribution in [0.25, 0.3) is 16.2 Å². The molecule has 0 fully saturated rings. The maximum Gasteiger partial charge on any atom is 0.273 e. The molecule has 0 saturated heterocycles. The first-order valence-corrected chi connectivity index (χ1v) is 8.36. The van der Waals surface area contributed by atoms with Gasteiger partial charge in [0, 0.05) is 30.1 Å². The second kappa shape index (κ2) is 8.73. The lowest BCUT2D eigenvalue weighted by atomic mass is 10.2. The molecule has 0 amide bonds. The fourth-order valence-electron chi connectivity index (χ4n) is 2.57. The molecule has 0 spiro atoms. The van der Waals surface area contributed by atoms with Crippen molar-refractivity contribution in [3.63, 3.8) is 0 Å². The number of nitrogens with zero attached hydrogens (tertiary/aromatic N) is 4. The fourth-order valence-corrected chi connectivity index (χ4v) is 2.57. The highest BCUT2D eigenvalue weighted by Crippen LogP contribution is 2.27. The molecule has 0 radical (unpaired) electrons. The molecule has 9 heteroatoms. The summed E-state index contributed by atoms with van der Waals surface area (Å²) in [5.41, 5.74) is 8.21. The molecule has 8 nitrogen and oxygen atoms in total. The van der Waals surface area contributed by atoms with Gasteiger partial charge in [-0.15, -0.1) is 17.4 Å². The Labute approximate surface area is 173 Å². The van der Waals surface area contributed by atoms with Gasteiger partial charge in [0.25, 0.3) is 5.82 Å². The monoisotopic (exact) mass is 405 g/mol. The zero-order valence-corrected chi connectivity index (χ0v) is 15.9. The second-order valence-corrected chi connectivity index (χ2v) is 5.79. The van der Waals surface area contributed by atoms with Crippen molar-refractivity contribution >= 4 is 35.7 Å². The smallest absolute Gasteiger partial charge is 0.273 e. The van der Waals surface area contributed by atoms with Gasteiger partial charge in [0.2, 0.25) is 5.95 Å². The van der Waals surface area contributed by atoms with Gasteiger partial charge in [-0.05, 0) is 36.4 Å². The number of nitrogens with one attached hydrogen (secondary N) is 2. The van der Waals surface area contributed by atoms with Crippen LogP contribution in [0, 0.1) is 6.57 Å². The van der Waals surface area contributed by atoms with Crippen LogP contribution < -0.4 is 15.8 Å². The molecule has 0 bridgehead atoms. The largest absolute Gasteiger partial charge is 0.458 e. The number of hydrogen-bond donors (Lipinski definition) is 3. The van der Waals surface area contributed by atoms with E-state index in [1.54, 1.807) is 18.3 Å². The van der Waals surface area contributed by atoms with Gasteiger partial charge in [-0.3, -0.25) is 0 Å². The van der Waals surface area contributed by atoms with Gasteiger partial charge in [-0.2, -0.15) is 4.98 Å². The Morgan fingerprint density at radius 1 is 1.03 bits per heavy atom. The van der Waals surface area contributed by atoms with Gasteiger partial charge in [0.15, 0.2) is 0 Å². The topological polar surface area (TPSA) is 106 Å². The van der Waals surface area contributed by atoms with Crippen molar-refractivity contribution in [2.75, 3.05) is 11.1 Å². The zero-order valence-electron chi connectivity index (χ0n) is 15.0. The van der Waals surface area contributed by atoms with Gasteiger partial charge in [-0.1, -0.05) is 6.57 Å². The highest BCUT2D eigenvalue weighted by Gasteiger charge is 2.07. The van der Waals surface area contributed by atoms with Crippen molar-refractivity contribution < 1.29 is 4.74 Å². The highest BCUT2D eigenvalue weighted by molar-refractivity contribution is 5.85. The van der Waals surface area contributed by atoms with E-state index in [1.807, 2.05) is 48.7 Å². The molecule has 0 unspecified atom stereocenters. The standard InChI is InChI=1S/C20H15N7O.ClH/c1-22-18-11-15(8-10-24-18)28-14-6-4-13(5-7-14)25-19-12-17(26-20(21)27-19)16-3-2-9-23-16;/h2-12,23H,(H3,21,25,26,27);1H. The Balaban J connectivity index is 0.00000240. The van der Waals surface area contributed by atoms with Crippen LogP contribution in [-0.2, 0) is 0 Å². The molecule has 0 atom stereocenters. The Kier molecular flexibility index (Phi) is 5.92. The minimum absolute atomic E-state index is 0. The lowest BCUT2D eigenvalue weighted by Gasteiger charge is -2.09. The normalized spacial score (nSPS) is 9.90. The summed E-state index contributed by atoms with van der Waals surface area (Å²) in [5.74, 6) is 2.25. The maximum atomic E-state index is 7.01. The molecule has 3 aromatic heterocycles. The number of H-pyrrole nitrogens is 1. The van der Waals surface area contributed by atoms with Crippen LogP contribution in [0.15, 0.2) is 67.0 Å². The van der Waals surface area contributed by atoms with Gasteiger partial charge < -0.3 is 25.6 Å². The van der Waals surface area contributed by atoms with Gasteiger partial charge in [0.05, 0.1) is 11.4 Å². The van der Waals surface area contributed by atoms with E-state index < -0.39 is 0 Å². The van der Waals surface area contributed by atoms with Crippen LogP contribution in [0.4, 0.5) is 23.3 Å². The number of nitrogen functional groups attached to an aromatic ring is 1. The molecule has 0 aliphatic rings. The molecule has 3 heterocycles. The van der Waals surface area contributed by atoms with Crippen molar-refractivity contribution in [2.45, 2.75) is 0 Å². The van der Waals surface area contributed by atoms with Gasteiger partial charge in [-0.25, -0.2) is 4.98 Å². The number of nitrogens with two attached hydrogens (primary N) is 1. The average Bonchev–Trinajstić information content (AvgIpc) is 3.24. The Hall–Kier alpha value is -4.09. The number of rotatable bonds is 5. The van der Waals surface area contributed by atoms with Gasteiger partial charge in [0.1, 0.15) is 23.5 Å². The number of aromatic nitrogens is 4. The fraction of sp³-hybridized carbons (Fsp3) is 0. The van der Waals surface area contributed by atoms with Crippen molar-refractivity contribution in [3.8, 4) is 22.9 Å². The molecule has 1 aromatic carbocycles. The van der Waals surface area contributed by atoms with Crippen LogP contribution in [-0.4, -0.2) is 19.9 Å². The first-order chi connectivity index (χ1) is 13.7. The van der Waals surface area contributed by atoms with E-state index in [1.165, 1.54) is 0 Å². The Bertz CT molecular complexity index is 1140. The minimum Gasteiger partial charge on any atom is -0.458 e. The lowest BCUT2D eigenvalue weighted by molar-refractivity contribution is 0.482. The number of ether oxygens (including phenoxy) is 1. The minimum atomic E-state index is 0. The van der Waals surface area contributed by atoms with E-state index in [2.05, 4.69) is 30.1 Å². The van der Waals surface area contributed by atoms with Crippen molar-refractivity contribution in [2.24, 2.45) is 0 Å². The molecule has 0 aliphatic carbocycles.